The van der Waals surface area contributed by atoms with Gasteiger partial charge in [0.2, 0.25) is 5.91 Å². The van der Waals surface area contributed by atoms with Crippen LogP contribution in [0, 0.1) is 11.8 Å². The summed E-state index contributed by atoms with van der Waals surface area (Å²) >= 11 is 0. The second-order valence-corrected chi connectivity index (χ2v) is 4.95. The lowest BCUT2D eigenvalue weighted by Crippen LogP contribution is -2.46. The molecule has 1 fully saturated rings. The Morgan fingerprint density at radius 1 is 1.47 bits per heavy atom. The average molecular weight is 272 g/mol. The molecule has 0 aliphatic carbocycles. The lowest BCUT2D eigenvalue weighted by atomic mass is 10.0. The number of rotatable bonds is 6. The molecule has 6 heteroatoms. The number of nitrogens with zero attached hydrogens (tertiary/aromatic N) is 1. The van der Waals surface area contributed by atoms with Crippen LogP contribution < -0.4 is 5.32 Å². The Kier molecular flexibility index (Phi) is 6.24. The Balaban J connectivity index is 2.54. The van der Waals surface area contributed by atoms with E-state index >= 15 is 0 Å². The van der Waals surface area contributed by atoms with Crippen molar-refractivity contribution >= 4 is 11.9 Å². The normalized spacial score (nSPS) is 24.0. The summed E-state index contributed by atoms with van der Waals surface area (Å²) in [5.41, 5.74) is 0. The molecule has 0 aromatic carbocycles. The van der Waals surface area contributed by atoms with Crippen molar-refractivity contribution < 1.29 is 19.1 Å². The van der Waals surface area contributed by atoms with Crippen LogP contribution in [-0.2, 0) is 19.1 Å². The minimum absolute atomic E-state index is 0.0132. The van der Waals surface area contributed by atoms with Gasteiger partial charge in [0.25, 0.3) is 0 Å². The summed E-state index contributed by atoms with van der Waals surface area (Å²) in [6.45, 7) is 5.92. The van der Waals surface area contributed by atoms with Crippen LogP contribution in [0.4, 0.5) is 0 Å². The van der Waals surface area contributed by atoms with Gasteiger partial charge in [0.15, 0.2) is 0 Å². The first-order valence-corrected chi connectivity index (χ1v) is 6.65. The Morgan fingerprint density at radius 2 is 2.16 bits per heavy atom. The molecule has 1 aliphatic rings. The van der Waals surface area contributed by atoms with E-state index in [-0.39, 0.29) is 29.8 Å². The highest BCUT2D eigenvalue weighted by Gasteiger charge is 2.35. The van der Waals surface area contributed by atoms with Gasteiger partial charge in [-0.1, -0.05) is 13.8 Å². The van der Waals surface area contributed by atoms with Crippen LogP contribution in [0.15, 0.2) is 0 Å². The number of amides is 1. The third-order valence-corrected chi connectivity index (χ3v) is 3.39. The zero-order valence-corrected chi connectivity index (χ0v) is 12.1. The average Bonchev–Trinajstić information content (AvgIpc) is 2.85. The highest BCUT2D eigenvalue weighted by molar-refractivity contribution is 5.80. The third kappa shape index (κ3) is 4.18. The molecular formula is C13H24N2O4. The molecule has 0 spiro atoms. The van der Waals surface area contributed by atoms with E-state index in [9.17, 15) is 9.59 Å². The summed E-state index contributed by atoms with van der Waals surface area (Å²) in [6.07, 6.45) is 0. The number of carbonyl (C=O) groups is 2. The van der Waals surface area contributed by atoms with Crippen molar-refractivity contribution in [1.29, 1.82) is 0 Å². The van der Waals surface area contributed by atoms with Crippen LogP contribution >= 0.6 is 0 Å². The van der Waals surface area contributed by atoms with Gasteiger partial charge in [-0.25, -0.2) is 0 Å². The van der Waals surface area contributed by atoms with E-state index < -0.39 is 0 Å². The Labute approximate surface area is 114 Å². The summed E-state index contributed by atoms with van der Waals surface area (Å²) in [5.74, 6) is -0.779. The van der Waals surface area contributed by atoms with E-state index in [1.54, 1.807) is 18.9 Å². The molecule has 110 valence electrons. The highest BCUT2D eigenvalue weighted by Crippen LogP contribution is 2.17. The lowest BCUT2D eigenvalue weighted by molar-refractivity contribution is -0.146. The Morgan fingerprint density at radius 3 is 2.74 bits per heavy atom. The van der Waals surface area contributed by atoms with Crippen molar-refractivity contribution in [1.82, 2.24) is 10.2 Å². The number of hydrogen-bond acceptors (Lipinski definition) is 5. The van der Waals surface area contributed by atoms with E-state index in [1.165, 1.54) is 7.11 Å². The fourth-order valence-electron chi connectivity index (χ4n) is 2.32. The minimum atomic E-state index is -0.321. The molecule has 6 nitrogen and oxygen atoms in total. The summed E-state index contributed by atoms with van der Waals surface area (Å²) < 4.78 is 10.0. The van der Waals surface area contributed by atoms with Gasteiger partial charge in [0.1, 0.15) is 0 Å². The first-order valence-electron chi connectivity index (χ1n) is 6.65. The molecule has 1 saturated heterocycles. The molecule has 1 heterocycles. The zero-order chi connectivity index (χ0) is 14.4. The van der Waals surface area contributed by atoms with E-state index in [4.69, 9.17) is 4.74 Å². The van der Waals surface area contributed by atoms with Crippen LogP contribution in [0.2, 0.25) is 0 Å². The summed E-state index contributed by atoms with van der Waals surface area (Å²) in [4.78, 5) is 25.3. The van der Waals surface area contributed by atoms with Crippen LogP contribution in [0.25, 0.3) is 0 Å². The van der Waals surface area contributed by atoms with E-state index in [1.807, 2.05) is 6.92 Å². The number of carbonyl (C=O) groups excluding carboxylic acids is 2. The van der Waals surface area contributed by atoms with Gasteiger partial charge in [-0.15, -0.1) is 0 Å². The van der Waals surface area contributed by atoms with Crippen molar-refractivity contribution in [2.45, 2.75) is 19.9 Å². The molecule has 0 radical (unpaired) electrons. The maximum atomic E-state index is 12.3. The summed E-state index contributed by atoms with van der Waals surface area (Å²) in [7, 11) is 3.07. The van der Waals surface area contributed by atoms with Crippen molar-refractivity contribution in [2.24, 2.45) is 11.8 Å². The number of hydrogen-bond donors (Lipinski definition) is 1. The molecule has 3 atom stereocenters. The molecule has 0 aromatic heterocycles. The molecule has 0 saturated carbocycles. The second kappa shape index (κ2) is 7.45. The van der Waals surface area contributed by atoms with Crippen molar-refractivity contribution in [2.75, 3.05) is 40.5 Å². The van der Waals surface area contributed by atoms with Crippen molar-refractivity contribution in [3.05, 3.63) is 0 Å². The zero-order valence-electron chi connectivity index (χ0n) is 12.1. The van der Waals surface area contributed by atoms with Gasteiger partial charge < -0.3 is 19.7 Å². The standard InChI is InChI=1S/C13H24N2O4/c1-5-14-11-8-19-7-10(11)12(16)15(3)6-9(2)13(17)18-4/h9-11,14H,5-8H2,1-4H3. The van der Waals surface area contributed by atoms with Crippen LogP contribution in [0.1, 0.15) is 13.8 Å². The van der Waals surface area contributed by atoms with Crippen LogP contribution in [0.5, 0.6) is 0 Å². The van der Waals surface area contributed by atoms with Gasteiger partial charge in [0, 0.05) is 19.6 Å². The van der Waals surface area contributed by atoms with Gasteiger partial charge >= 0.3 is 5.97 Å². The van der Waals surface area contributed by atoms with Crippen molar-refractivity contribution in [3.8, 4) is 0 Å². The van der Waals surface area contributed by atoms with E-state index in [0.29, 0.717) is 19.8 Å². The first-order chi connectivity index (χ1) is 9.01. The topological polar surface area (TPSA) is 67.9 Å². The number of methoxy groups -OCH3 is 1. The second-order valence-electron chi connectivity index (χ2n) is 4.95. The molecule has 1 N–H and O–H groups in total. The molecule has 1 amide bonds. The molecule has 1 rings (SSSR count). The summed E-state index contributed by atoms with van der Waals surface area (Å²) in [5, 5.41) is 3.25. The van der Waals surface area contributed by atoms with Crippen LogP contribution in [-0.4, -0.2) is 63.3 Å². The largest absolute Gasteiger partial charge is 0.469 e. The third-order valence-electron chi connectivity index (χ3n) is 3.39. The van der Waals surface area contributed by atoms with Gasteiger partial charge in [-0.2, -0.15) is 0 Å². The molecular weight excluding hydrogens is 248 g/mol. The quantitative estimate of drug-likeness (QED) is 0.683. The number of esters is 1. The number of likely N-dealkylation sites (N-methyl/N-ethyl adjacent to an activating group) is 1. The van der Waals surface area contributed by atoms with E-state index in [0.717, 1.165) is 6.54 Å². The molecule has 0 bridgehead atoms. The molecule has 1 aliphatic heterocycles. The minimum Gasteiger partial charge on any atom is -0.469 e. The van der Waals surface area contributed by atoms with Crippen molar-refractivity contribution in [3.63, 3.8) is 0 Å². The first kappa shape index (κ1) is 15.9. The van der Waals surface area contributed by atoms with E-state index in [2.05, 4.69) is 10.1 Å². The molecule has 19 heavy (non-hydrogen) atoms. The lowest BCUT2D eigenvalue weighted by Gasteiger charge is -2.25. The van der Waals surface area contributed by atoms with Gasteiger partial charge in [0.05, 0.1) is 32.2 Å². The number of nitrogens with one attached hydrogen (secondary N) is 1. The fraction of sp³-hybridized carbons (Fsp3) is 0.846. The molecule has 0 aromatic rings. The SMILES string of the molecule is CCNC1COCC1C(=O)N(C)CC(C)C(=O)OC. The predicted molar refractivity (Wildman–Crippen MR) is 70.6 cm³/mol. The number of ether oxygens (including phenoxy) is 2. The Hall–Kier alpha value is -1.14. The maximum absolute atomic E-state index is 12.3. The van der Waals surface area contributed by atoms with Gasteiger partial charge in [-0.3, -0.25) is 9.59 Å². The fourth-order valence-corrected chi connectivity index (χ4v) is 2.32. The smallest absolute Gasteiger partial charge is 0.310 e. The predicted octanol–water partition coefficient (Wildman–Crippen LogP) is -0.122. The van der Waals surface area contributed by atoms with Crippen LogP contribution in [0.3, 0.4) is 0 Å². The maximum Gasteiger partial charge on any atom is 0.310 e. The Bertz CT molecular complexity index is 322. The monoisotopic (exact) mass is 272 g/mol. The highest BCUT2D eigenvalue weighted by atomic mass is 16.5. The molecule has 3 unspecified atom stereocenters. The van der Waals surface area contributed by atoms with Gasteiger partial charge in [-0.05, 0) is 6.54 Å². The summed E-state index contributed by atoms with van der Waals surface area (Å²) in [6, 6.07) is 0.0633.